The molecule has 0 bridgehead atoms. The monoisotopic (exact) mass is 179 g/mol. The van der Waals surface area contributed by atoms with Gasteiger partial charge in [0.15, 0.2) is 0 Å². The van der Waals surface area contributed by atoms with Crippen LogP contribution in [0.2, 0.25) is 0 Å². The summed E-state index contributed by atoms with van der Waals surface area (Å²) in [5.41, 5.74) is 1.22. The fourth-order valence-electron chi connectivity index (χ4n) is 1.37. The van der Waals surface area contributed by atoms with Gasteiger partial charge in [0.05, 0.1) is 7.11 Å². The molecule has 0 spiro atoms. The van der Waals surface area contributed by atoms with Crippen LogP contribution >= 0.6 is 0 Å². The van der Waals surface area contributed by atoms with E-state index in [1.807, 2.05) is 12.3 Å². The predicted octanol–water partition coefficient (Wildman–Crippen LogP) is 2.82. The molecule has 0 saturated carbocycles. The van der Waals surface area contributed by atoms with Crippen molar-refractivity contribution in [2.75, 3.05) is 7.11 Å². The molecule has 0 unspecified atom stereocenters. The van der Waals surface area contributed by atoms with Crippen molar-refractivity contribution in [2.45, 2.75) is 32.6 Å². The highest BCUT2D eigenvalue weighted by Crippen LogP contribution is 2.18. The first-order chi connectivity index (χ1) is 6.38. The number of hydrogen-bond donors (Lipinski definition) is 0. The highest BCUT2D eigenvalue weighted by Gasteiger charge is 2.00. The van der Waals surface area contributed by atoms with E-state index in [0.29, 0.717) is 0 Å². The number of rotatable bonds is 5. The number of methoxy groups -OCH3 is 1. The molecule has 0 N–H and O–H groups in total. The zero-order valence-electron chi connectivity index (χ0n) is 8.42. The molecule has 2 heteroatoms. The topological polar surface area (TPSA) is 22.1 Å². The van der Waals surface area contributed by atoms with Crippen LogP contribution in [-0.2, 0) is 6.42 Å². The molecule has 1 aromatic heterocycles. The van der Waals surface area contributed by atoms with Gasteiger partial charge in [-0.1, -0.05) is 19.8 Å². The first-order valence-electron chi connectivity index (χ1n) is 4.85. The highest BCUT2D eigenvalue weighted by molar-refractivity contribution is 5.29. The minimum atomic E-state index is 0.964. The summed E-state index contributed by atoms with van der Waals surface area (Å²) in [5.74, 6) is 0.964. The normalized spacial score (nSPS) is 10.0. The molecule has 1 aromatic rings. The lowest BCUT2D eigenvalue weighted by molar-refractivity contribution is 0.408. The van der Waals surface area contributed by atoms with E-state index in [0.717, 1.165) is 12.2 Å². The SMILES string of the molecule is CCCCCc1cnccc1OC. The number of unbranched alkanes of at least 4 members (excludes halogenated alkanes) is 2. The minimum absolute atomic E-state index is 0.964. The highest BCUT2D eigenvalue weighted by atomic mass is 16.5. The summed E-state index contributed by atoms with van der Waals surface area (Å²) in [4.78, 5) is 4.09. The Morgan fingerprint density at radius 3 is 2.92 bits per heavy atom. The molecule has 72 valence electrons. The number of hydrogen-bond acceptors (Lipinski definition) is 2. The zero-order chi connectivity index (χ0) is 9.52. The van der Waals surface area contributed by atoms with Crippen molar-refractivity contribution in [1.82, 2.24) is 4.98 Å². The van der Waals surface area contributed by atoms with Gasteiger partial charge in [0.25, 0.3) is 0 Å². The Balaban J connectivity index is 2.54. The summed E-state index contributed by atoms with van der Waals surface area (Å²) in [6.45, 7) is 2.21. The van der Waals surface area contributed by atoms with Gasteiger partial charge in [-0.2, -0.15) is 0 Å². The van der Waals surface area contributed by atoms with E-state index in [9.17, 15) is 0 Å². The Morgan fingerprint density at radius 1 is 1.38 bits per heavy atom. The van der Waals surface area contributed by atoms with Gasteiger partial charge < -0.3 is 4.74 Å². The van der Waals surface area contributed by atoms with Gasteiger partial charge in [-0.25, -0.2) is 0 Å². The van der Waals surface area contributed by atoms with Gasteiger partial charge in [0.1, 0.15) is 5.75 Å². The molecule has 2 nitrogen and oxygen atoms in total. The van der Waals surface area contributed by atoms with Gasteiger partial charge in [-0.15, -0.1) is 0 Å². The van der Waals surface area contributed by atoms with Crippen molar-refractivity contribution in [1.29, 1.82) is 0 Å². The van der Waals surface area contributed by atoms with Crippen LogP contribution in [0, 0.1) is 0 Å². The lowest BCUT2D eigenvalue weighted by Gasteiger charge is -2.06. The van der Waals surface area contributed by atoms with E-state index in [4.69, 9.17) is 4.74 Å². The molecule has 13 heavy (non-hydrogen) atoms. The first kappa shape index (κ1) is 10.0. The van der Waals surface area contributed by atoms with Crippen LogP contribution in [0.25, 0.3) is 0 Å². The molecule has 0 fully saturated rings. The summed E-state index contributed by atoms with van der Waals surface area (Å²) < 4.78 is 5.24. The van der Waals surface area contributed by atoms with Crippen LogP contribution < -0.4 is 4.74 Å². The van der Waals surface area contributed by atoms with Gasteiger partial charge >= 0.3 is 0 Å². The van der Waals surface area contributed by atoms with E-state index < -0.39 is 0 Å². The van der Waals surface area contributed by atoms with Crippen LogP contribution in [0.1, 0.15) is 31.7 Å². The summed E-state index contributed by atoms with van der Waals surface area (Å²) >= 11 is 0. The Morgan fingerprint density at radius 2 is 2.23 bits per heavy atom. The second-order valence-corrected chi connectivity index (χ2v) is 3.14. The lowest BCUT2D eigenvalue weighted by Crippen LogP contribution is -1.93. The van der Waals surface area contributed by atoms with Crippen LogP contribution in [0.4, 0.5) is 0 Å². The summed E-state index contributed by atoms with van der Waals surface area (Å²) in [6, 6.07) is 1.92. The van der Waals surface area contributed by atoms with Crippen LogP contribution in [0.5, 0.6) is 5.75 Å². The maximum absolute atomic E-state index is 5.24. The molecule has 1 rings (SSSR count). The molecule has 0 radical (unpaired) electrons. The Labute approximate surface area is 80.0 Å². The number of pyridine rings is 1. The Kier molecular flexibility index (Phi) is 4.30. The Hall–Kier alpha value is -1.05. The average molecular weight is 179 g/mol. The average Bonchev–Trinajstić information content (AvgIpc) is 2.19. The maximum atomic E-state index is 5.24. The molecule has 0 aliphatic rings. The van der Waals surface area contributed by atoms with Crippen LogP contribution in [-0.4, -0.2) is 12.1 Å². The van der Waals surface area contributed by atoms with Crippen molar-refractivity contribution in [3.63, 3.8) is 0 Å². The predicted molar refractivity (Wildman–Crippen MR) is 54.0 cm³/mol. The van der Waals surface area contributed by atoms with E-state index in [1.54, 1.807) is 13.3 Å². The van der Waals surface area contributed by atoms with Gasteiger partial charge in [0, 0.05) is 18.0 Å². The second kappa shape index (κ2) is 5.57. The van der Waals surface area contributed by atoms with Crippen molar-refractivity contribution < 1.29 is 4.74 Å². The smallest absolute Gasteiger partial charge is 0.125 e. The maximum Gasteiger partial charge on any atom is 0.125 e. The molecule has 0 amide bonds. The zero-order valence-corrected chi connectivity index (χ0v) is 8.42. The molecule has 0 aliphatic heterocycles. The third-order valence-electron chi connectivity index (χ3n) is 2.13. The molecule has 0 aliphatic carbocycles. The van der Waals surface area contributed by atoms with Crippen LogP contribution in [0.15, 0.2) is 18.5 Å². The van der Waals surface area contributed by atoms with E-state index >= 15 is 0 Å². The van der Waals surface area contributed by atoms with E-state index in [-0.39, 0.29) is 0 Å². The first-order valence-corrected chi connectivity index (χ1v) is 4.85. The number of aryl methyl sites for hydroxylation is 1. The summed E-state index contributed by atoms with van der Waals surface area (Å²) in [6.07, 6.45) is 8.49. The van der Waals surface area contributed by atoms with Crippen LogP contribution in [0.3, 0.4) is 0 Å². The van der Waals surface area contributed by atoms with Gasteiger partial charge in [0.2, 0.25) is 0 Å². The second-order valence-electron chi connectivity index (χ2n) is 3.14. The largest absolute Gasteiger partial charge is 0.496 e. The molecular formula is C11H17NO. The minimum Gasteiger partial charge on any atom is -0.496 e. The van der Waals surface area contributed by atoms with E-state index in [2.05, 4.69) is 11.9 Å². The quantitative estimate of drug-likeness (QED) is 0.648. The number of ether oxygens (including phenoxy) is 1. The third-order valence-corrected chi connectivity index (χ3v) is 2.13. The summed E-state index contributed by atoms with van der Waals surface area (Å²) in [7, 11) is 1.71. The standard InChI is InChI=1S/C11H17NO/c1-3-4-5-6-10-9-12-8-7-11(10)13-2/h7-9H,3-6H2,1-2H3. The molecular weight excluding hydrogens is 162 g/mol. The van der Waals surface area contributed by atoms with Crippen molar-refractivity contribution in [3.8, 4) is 5.75 Å². The molecule has 1 heterocycles. The molecule has 0 aromatic carbocycles. The fourth-order valence-corrected chi connectivity index (χ4v) is 1.37. The number of nitrogens with zero attached hydrogens (tertiary/aromatic N) is 1. The Bertz CT molecular complexity index is 248. The molecule has 0 atom stereocenters. The van der Waals surface area contributed by atoms with Gasteiger partial charge in [-0.05, 0) is 18.9 Å². The van der Waals surface area contributed by atoms with Crippen molar-refractivity contribution >= 4 is 0 Å². The van der Waals surface area contributed by atoms with Crippen molar-refractivity contribution in [2.24, 2.45) is 0 Å². The molecule has 0 saturated heterocycles. The van der Waals surface area contributed by atoms with Gasteiger partial charge in [-0.3, -0.25) is 4.98 Å². The summed E-state index contributed by atoms with van der Waals surface area (Å²) in [5, 5.41) is 0. The fraction of sp³-hybridized carbons (Fsp3) is 0.545. The number of aromatic nitrogens is 1. The van der Waals surface area contributed by atoms with Crippen molar-refractivity contribution in [3.05, 3.63) is 24.0 Å². The third kappa shape index (κ3) is 3.05. The lowest BCUT2D eigenvalue weighted by atomic mass is 10.1. The van der Waals surface area contributed by atoms with E-state index in [1.165, 1.54) is 24.8 Å².